The van der Waals surface area contributed by atoms with Crippen LogP contribution in [-0.2, 0) is 4.74 Å². The summed E-state index contributed by atoms with van der Waals surface area (Å²) in [6.07, 6.45) is 1.50. The van der Waals surface area contributed by atoms with E-state index >= 15 is 0 Å². The number of ether oxygens (including phenoxy) is 1. The van der Waals surface area contributed by atoms with Crippen molar-refractivity contribution in [3.8, 4) is 5.69 Å². The van der Waals surface area contributed by atoms with Crippen molar-refractivity contribution in [1.29, 1.82) is 0 Å². The second kappa shape index (κ2) is 4.72. The fourth-order valence-corrected chi connectivity index (χ4v) is 1.79. The lowest BCUT2D eigenvalue weighted by atomic mass is 10.1. The van der Waals surface area contributed by atoms with Gasteiger partial charge < -0.3 is 15.0 Å². The first-order chi connectivity index (χ1) is 8.95. The van der Waals surface area contributed by atoms with Crippen LogP contribution in [0.4, 0.5) is 10.1 Å². The van der Waals surface area contributed by atoms with E-state index in [9.17, 15) is 9.18 Å². The van der Waals surface area contributed by atoms with Crippen LogP contribution in [0.15, 0.2) is 18.5 Å². The Balaban J connectivity index is 2.64. The van der Waals surface area contributed by atoms with Crippen LogP contribution in [0, 0.1) is 19.7 Å². The van der Waals surface area contributed by atoms with Crippen molar-refractivity contribution in [1.82, 2.24) is 9.55 Å². The highest BCUT2D eigenvalue weighted by Gasteiger charge is 2.17. The van der Waals surface area contributed by atoms with Gasteiger partial charge in [-0.05, 0) is 26.0 Å². The number of benzene rings is 1. The zero-order valence-electron chi connectivity index (χ0n) is 10.9. The minimum absolute atomic E-state index is 0.0441. The SMILES string of the molecule is COC(=O)c1cc(-n2cnc(C)c2C)c(F)cc1N. The summed E-state index contributed by atoms with van der Waals surface area (Å²) in [5.74, 6) is -1.13. The molecule has 100 valence electrons. The number of imidazole rings is 1. The minimum atomic E-state index is -0.603. The van der Waals surface area contributed by atoms with Gasteiger partial charge in [0.15, 0.2) is 0 Å². The normalized spacial score (nSPS) is 10.5. The Labute approximate surface area is 109 Å². The number of anilines is 1. The molecule has 0 aliphatic heterocycles. The maximum atomic E-state index is 14.0. The van der Waals surface area contributed by atoms with E-state index in [1.54, 1.807) is 4.57 Å². The molecule has 1 aromatic heterocycles. The molecule has 19 heavy (non-hydrogen) atoms. The number of methoxy groups -OCH3 is 1. The van der Waals surface area contributed by atoms with Crippen molar-refractivity contribution in [2.24, 2.45) is 0 Å². The quantitative estimate of drug-likeness (QED) is 0.664. The Kier molecular flexibility index (Phi) is 3.25. The van der Waals surface area contributed by atoms with Crippen LogP contribution in [0.1, 0.15) is 21.7 Å². The van der Waals surface area contributed by atoms with Gasteiger partial charge in [-0.1, -0.05) is 0 Å². The standard InChI is InChI=1S/C13H14FN3O2/c1-7-8(2)17(6-16-7)12-4-9(13(18)19-3)11(15)5-10(12)14/h4-6H,15H2,1-3H3. The summed E-state index contributed by atoms with van der Waals surface area (Å²) >= 11 is 0. The largest absolute Gasteiger partial charge is 0.465 e. The highest BCUT2D eigenvalue weighted by atomic mass is 19.1. The first kappa shape index (κ1) is 13.1. The molecule has 2 aromatic rings. The van der Waals surface area contributed by atoms with E-state index in [1.165, 1.54) is 19.5 Å². The van der Waals surface area contributed by atoms with Crippen LogP contribution in [0.5, 0.6) is 0 Å². The zero-order chi connectivity index (χ0) is 14.2. The molecule has 1 aromatic carbocycles. The van der Waals surface area contributed by atoms with Gasteiger partial charge in [-0.25, -0.2) is 14.2 Å². The van der Waals surface area contributed by atoms with Gasteiger partial charge in [-0.15, -0.1) is 0 Å². The second-order valence-corrected chi connectivity index (χ2v) is 4.17. The number of halogens is 1. The molecule has 0 saturated carbocycles. The molecular weight excluding hydrogens is 249 g/mol. The van der Waals surface area contributed by atoms with Crippen LogP contribution in [0.25, 0.3) is 5.69 Å². The van der Waals surface area contributed by atoms with E-state index in [2.05, 4.69) is 9.72 Å². The minimum Gasteiger partial charge on any atom is -0.465 e. The third-order valence-electron chi connectivity index (χ3n) is 3.04. The third kappa shape index (κ3) is 2.16. The smallest absolute Gasteiger partial charge is 0.340 e. The van der Waals surface area contributed by atoms with Gasteiger partial charge in [0, 0.05) is 11.4 Å². The lowest BCUT2D eigenvalue weighted by molar-refractivity contribution is 0.0602. The predicted molar refractivity (Wildman–Crippen MR) is 68.7 cm³/mol. The van der Waals surface area contributed by atoms with E-state index in [-0.39, 0.29) is 16.9 Å². The number of rotatable bonds is 2. The summed E-state index contributed by atoms with van der Waals surface area (Å²) < 4.78 is 20.2. The predicted octanol–water partition coefficient (Wildman–Crippen LogP) is 2.00. The number of carbonyl (C=O) groups excluding carboxylic acids is 1. The first-order valence-electron chi connectivity index (χ1n) is 5.64. The molecule has 0 amide bonds. The molecule has 0 bridgehead atoms. The molecule has 0 aliphatic rings. The zero-order valence-corrected chi connectivity index (χ0v) is 10.9. The fourth-order valence-electron chi connectivity index (χ4n) is 1.79. The summed E-state index contributed by atoms with van der Waals surface area (Å²) in [6.45, 7) is 3.64. The number of hydrogen-bond donors (Lipinski definition) is 1. The molecule has 0 unspecified atom stereocenters. The molecule has 2 N–H and O–H groups in total. The molecule has 1 heterocycles. The molecule has 6 heteroatoms. The van der Waals surface area contributed by atoms with Gasteiger partial charge in [0.1, 0.15) is 5.82 Å². The lowest BCUT2D eigenvalue weighted by Gasteiger charge is -2.11. The average molecular weight is 263 g/mol. The monoisotopic (exact) mass is 263 g/mol. The van der Waals surface area contributed by atoms with Crippen molar-refractivity contribution in [2.75, 3.05) is 12.8 Å². The van der Waals surface area contributed by atoms with E-state index in [0.717, 1.165) is 17.5 Å². The third-order valence-corrected chi connectivity index (χ3v) is 3.04. The maximum absolute atomic E-state index is 14.0. The van der Waals surface area contributed by atoms with Crippen molar-refractivity contribution < 1.29 is 13.9 Å². The Hall–Kier alpha value is -2.37. The van der Waals surface area contributed by atoms with E-state index in [4.69, 9.17) is 5.73 Å². The Morgan fingerprint density at radius 2 is 2.11 bits per heavy atom. The van der Waals surface area contributed by atoms with Crippen molar-refractivity contribution in [3.05, 3.63) is 41.2 Å². The van der Waals surface area contributed by atoms with Gasteiger partial charge in [-0.3, -0.25) is 0 Å². The van der Waals surface area contributed by atoms with E-state index in [1.807, 2.05) is 13.8 Å². The molecule has 0 saturated heterocycles. The average Bonchev–Trinajstić information content (AvgIpc) is 2.70. The molecule has 5 nitrogen and oxygen atoms in total. The van der Waals surface area contributed by atoms with Crippen LogP contribution >= 0.6 is 0 Å². The highest BCUT2D eigenvalue weighted by Crippen LogP contribution is 2.23. The number of aryl methyl sites for hydroxylation is 1. The Bertz CT molecular complexity index is 650. The van der Waals surface area contributed by atoms with Crippen LogP contribution in [0.3, 0.4) is 0 Å². The Morgan fingerprint density at radius 1 is 1.42 bits per heavy atom. The van der Waals surface area contributed by atoms with E-state index in [0.29, 0.717) is 0 Å². The molecule has 0 fully saturated rings. The number of hydrogen-bond acceptors (Lipinski definition) is 4. The molecule has 2 rings (SSSR count). The van der Waals surface area contributed by atoms with Gasteiger partial charge >= 0.3 is 5.97 Å². The van der Waals surface area contributed by atoms with Crippen LogP contribution < -0.4 is 5.73 Å². The van der Waals surface area contributed by atoms with Gasteiger partial charge in [0.25, 0.3) is 0 Å². The summed E-state index contributed by atoms with van der Waals surface area (Å²) in [6, 6.07) is 2.47. The lowest BCUT2D eigenvalue weighted by Crippen LogP contribution is -2.09. The van der Waals surface area contributed by atoms with Crippen molar-refractivity contribution >= 4 is 11.7 Å². The van der Waals surface area contributed by atoms with Gasteiger partial charge in [0.05, 0.1) is 30.4 Å². The van der Waals surface area contributed by atoms with Gasteiger partial charge in [0.2, 0.25) is 0 Å². The van der Waals surface area contributed by atoms with Gasteiger partial charge in [-0.2, -0.15) is 0 Å². The van der Waals surface area contributed by atoms with Crippen molar-refractivity contribution in [3.63, 3.8) is 0 Å². The number of carbonyl (C=O) groups is 1. The van der Waals surface area contributed by atoms with Crippen LogP contribution in [0.2, 0.25) is 0 Å². The number of nitrogen functional groups attached to an aromatic ring is 1. The molecule has 0 spiro atoms. The van der Waals surface area contributed by atoms with Crippen LogP contribution in [-0.4, -0.2) is 22.6 Å². The number of esters is 1. The molecule has 0 atom stereocenters. The summed E-state index contributed by atoms with van der Waals surface area (Å²) in [5, 5.41) is 0. The fraction of sp³-hybridized carbons (Fsp3) is 0.231. The summed E-state index contributed by atoms with van der Waals surface area (Å²) in [4.78, 5) is 15.7. The number of nitrogens with zero attached hydrogens (tertiary/aromatic N) is 2. The summed E-state index contributed by atoms with van der Waals surface area (Å²) in [7, 11) is 1.25. The maximum Gasteiger partial charge on any atom is 0.340 e. The molecule has 0 aliphatic carbocycles. The summed E-state index contributed by atoms with van der Waals surface area (Å²) in [5.41, 5.74) is 7.59. The highest BCUT2D eigenvalue weighted by molar-refractivity contribution is 5.95. The first-order valence-corrected chi connectivity index (χ1v) is 5.64. The molecular formula is C13H14FN3O2. The second-order valence-electron chi connectivity index (χ2n) is 4.17. The van der Waals surface area contributed by atoms with Crippen molar-refractivity contribution in [2.45, 2.75) is 13.8 Å². The number of aromatic nitrogens is 2. The molecule has 0 radical (unpaired) electrons. The number of nitrogens with two attached hydrogens (primary N) is 1. The van der Waals surface area contributed by atoms with E-state index < -0.39 is 11.8 Å². The Morgan fingerprint density at radius 3 is 2.63 bits per heavy atom. The topological polar surface area (TPSA) is 70.1 Å².